The Morgan fingerprint density at radius 2 is 2.78 bits per heavy atom. The number of nitrogens with two attached hydrogens (primary N) is 1. The molecule has 0 amide bonds. The highest BCUT2D eigenvalue weighted by atomic mass is 16.5. The van der Waals surface area contributed by atoms with E-state index >= 15 is 0 Å². The predicted octanol–water partition coefficient (Wildman–Crippen LogP) is -0.654. The first kappa shape index (κ1) is 6.35. The third-order valence-corrected chi connectivity index (χ3v) is 1.09. The first-order valence-electron chi connectivity index (χ1n) is 2.78. The number of amidine groups is 1. The number of hydrogen-bond donors (Lipinski definition) is 1. The SMILES string of the molecule is COCC1COC(N)=N1. The molecule has 0 aliphatic carbocycles. The molecule has 0 saturated carbocycles. The molecule has 0 aromatic heterocycles. The van der Waals surface area contributed by atoms with Crippen LogP contribution < -0.4 is 5.73 Å². The fourth-order valence-corrected chi connectivity index (χ4v) is 0.714. The summed E-state index contributed by atoms with van der Waals surface area (Å²) in [7, 11) is 1.63. The topological polar surface area (TPSA) is 56.8 Å². The minimum Gasteiger partial charge on any atom is -0.463 e. The van der Waals surface area contributed by atoms with Crippen molar-refractivity contribution in [3.05, 3.63) is 0 Å². The second-order valence-corrected chi connectivity index (χ2v) is 1.89. The van der Waals surface area contributed by atoms with E-state index in [2.05, 4.69) is 4.99 Å². The summed E-state index contributed by atoms with van der Waals surface area (Å²) in [4.78, 5) is 3.93. The average molecular weight is 130 g/mol. The molecular weight excluding hydrogens is 120 g/mol. The second kappa shape index (κ2) is 2.68. The van der Waals surface area contributed by atoms with Gasteiger partial charge in [-0.05, 0) is 0 Å². The van der Waals surface area contributed by atoms with Gasteiger partial charge in [-0.2, -0.15) is 0 Å². The van der Waals surface area contributed by atoms with Gasteiger partial charge in [0, 0.05) is 7.11 Å². The van der Waals surface area contributed by atoms with Crippen LogP contribution in [0.3, 0.4) is 0 Å². The van der Waals surface area contributed by atoms with Gasteiger partial charge in [0.2, 0.25) is 0 Å². The van der Waals surface area contributed by atoms with Gasteiger partial charge in [0.05, 0.1) is 6.61 Å². The minimum absolute atomic E-state index is 0.106. The van der Waals surface area contributed by atoms with Crippen molar-refractivity contribution in [2.24, 2.45) is 10.7 Å². The molecule has 1 rings (SSSR count). The van der Waals surface area contributed by atoms with Crippen molar-refractivity contribution in [3.8, 4) is 0 Å². The molecule has 0 fully saturated rings. The molecule has 9 heavy (non-hydrogen) atoms. The summed E-state index contributed by atoms with van der Waals surface area (Å²) < 4.78 is 9.70. The van der Waals surface area contributed by atoms with E-state index in [-0.39, 0.29) is 12.1 Å². The van der Waals surface area contributed by atoms with Crippen LogP contribution in [0.2, 0.25) is 0 Å². The standard InChI is InChI=1S/C5H10N2O2/c1-8-2-4-3-9-5(6)7-4/h4H,2-3H2,1H3,(H2,6,7). The fourth-order valence-electron chi connectivity index (χ4n) is 0.714. The van der Waals surface area contributed by atoms with Gasteiger partial charge >= 0.3 is 0 Å². The molecule has 4 nitrogen and oxygen atoms in total. The quantitative estimate of drug-likeness (QED) is 0.540. The summed E-state index contributed by atoms with van der Waals surface area (Å²) in [5.74, 6) is 0. The smallest absolute Gasteiger partial charge is 0.282 e. The highest BCUT2D eigenvalue weighted by Gasteiger charge is 2.15. The Labute approximate surface area is 53.7 Å². The number of rotatable bonds is 2. The van der Waals surface area contributed by atoms with Crippen LogP contribution in [-0.4, -0.2) is 32.4 Å². The Bertz CT molecular complexity index is 124. The van der Waals surface area contributed by atoms with Crippen molar-refractivity contribution < 1.29 is 9.47 Å². The predicted molar refractivity (Wildman–Crippen MR) is 33.2 cm³/mol. The minimum atomic E-state index is 0.106. The lowest BCUT2D eigenvalue weighted by Crippen LogP contribution is -2.13. The zero-order chi connectivity index (χ0) is 6.69. The molecule has 52 valence electrons. The third kappa shape index (κ3) is 1.57. The summed E-state index contributed by atoms with van der Waals surface area (Å²) in [6.07, 6.45) is 0. The van der Waals surface area contributed by atoms with Crippen LogP contribution >= 0.6 is 0 Å². The molecule has 4 heteroatoms. The highest BCUT2D eigenvalue weighted by molar-refractivity contribution is 5.72. The molecule has 0 radical (unpaired) electrons. The summed E-state index contributed by atoms with van der Waals surface area (Å²) in [6.45, 7) is 1.14. The number of methoxy groups -OCH3 is 1. The van der Waals surface area contributed by atoms with Gasteiger partial charge in [-0.25, -0.2) is 4.99 Å². The number of ether oxygens (including phenoxy) is 2. The van der Waals surface area contributed by atoms with E-state index in [4.69, 9.17) is 15.2 Å². The molecule has 1 atom stereocenters. The fraction of sp³-hybridized carbons (Fsp3) is 0.800. The summed E-state index contributed by atoms with van der Waals surface area (Å²) in [5, 5.41) is 0. The van der Waals surface area contributed by atoms with Gasteiger partial charge in [-0.3, -0.25) is 0 Å². The zero-order valence-corrected chi connectivity index (χ0v) is 5.33. The Hall–Kier alpha value is -0.770. The maximum Gasteiger partial charge on any atom is 0.282 e. The van der Waals surface area contributed by atoms with E-state index in [0.29, 0.717) is 13.2 Å². The average Bonchev–Trinajstić information content (AvgIpc) is 2.17. The van der Waals surface area contributed by atoms with E-state index in [0.717, 1.165) is 0 Å². The molecule has 0 bridgehead atoms. The van der Waals surface area contributed by atoms with Crippen molar-refractivity contribution in [3.63, 3.8) is 0 Å². The molecule has 2 N–H and O–H groups in total. The lowest BCUT2D eigenvalue weighted by atomic mass is 10.4. The van der Waals surface area contributed by atoms with Crippen LogP contribution in [0, 0.1) is 0 Å². The van der Waals surface area contributed by atoms with Gasteiger partial charge in [-0.15, -0.1) is 0 Å². The molecule has 1 aliphatic heterocycles. The molecule has 1 heterocycles. The van der Waals surface area contributed by atoms with E-state index in [1.807, 2.05) is 0 Å². The molecule has 0 saturated heterocycles. The monoisotopic (exact) mass is 130 g/mol. The second-order valence-electron chi connectivity index (χ2n) is 1.89. The summed E-state index contributed by atoms with van der Waals surface area (Å²) >= 11 is 0. The molecule has 0 spiro atoms. The van der Waals surface area contributed by atoms with Crippen LogP contribution in [-0.2, 0) is 9.47 Å². The van der Waals surface area contributed by atoms with Gasteiger partial charge in [-0.1, -0.05) is 0 Å². The summed E-state index contributed by atoms with van der Waals surface area (Å²) in [5.41, 5.74) is 5.23. The van der Waals surface area contributed by atoms with E-state index in [9.17, 15) is 0 Å². The van der Waals surface area contributed by atoms with Gasteiger partial charge in [0.25, 0.3) is 6.02 Å². The number of hydrogen-bond acceptors (Lipinski definition) is 4. The molecule has 0 aromatic rings. The van der Waals surface area contributed by atoms with E-state index in [1.165, 1.54) is 0 Å². The van der Waals surface area contributed by atoms with Crippen LogP contribution in [0.4, 0.5) is 0 Å². The van der Waals surface area contributed by atoms with Crippen LogP contribution in [0.5, 0.6) is 0 Å². The van der Waals surface area contributed by atoms with Crippen molar-refractivity contribution >= 4 is 6.02 Å². The first-order valence-corrected chi connectivity index (χ1v) is 2.78. The Balaban J connectivity index is 2.29. The van der Waals surface area contributed by atoms with Gasteiger partial charge in [0.1, 0.15) is 12.6 Å². The number of aliphatic imine (C=N–C) groups is 1. The van der Waals surface area contributed by atoms with Crippen molar-refractivity contribution in [1.82, 2.24) is 0 Å². The zero-order valence-electron chi connectivity index (χ0n) is 5.33. The first-order chi connectivity index (χ1) is 4.33. The van der Waals surface area contributed by atoms with E-state index in [1.54, 1.807) is 7.11 Å². The lowest BCUT2D eigenvalue weighted by Gasteiger charge is -1.99. The summed E-state index contributed by atoms with van der Waals surface area (Å²) in [6, 6.07) is 0.382. The van der Waals surface area contributed by atoms with Crippen LogP contribution in [0.15, 0.2) is 4.99 Å². The molecule has 1 aliphatic rings. The molecule has 0 aromatic carbocycles. The van der Waals surface area contributed by atoms with Crippen molar-refractivity contribution in [1.29, 1.82) is 0 Å². The van der Waals surface area contributed by atoms with Gasteiger partial charge < -0.3 is 15.2 Å². The van der Waals surface area contributed by atoms with Crippen molar-refractivity contribution in [2.45, 2.75) is 6.04 Å². The largest absolute Gasteiger partial charge is 0.463 e. The van der Waals surface area contributed by atoms with Crippen LogP contribution in [0.25, 0.3) is 0 Å². The lowest BCUT2D eigenvalue weighted by molar-refractivity contribution is 0.164. The van der Waals surface area contributed by atoms with Crippen molar-refractivity contribution in [2.75, 3.05) is 20.3 Å². The maximum atomic E-state index is 5.23. The highest BCUT2D eigenvalue weighted by Crippen LogP contribution is 2.00. The maximum absolute atomic E-state index is 5.23. The normalized spacial score (nSPS) is 25.4. The van der Waals surface area contributed by atoms with Gasteiger partial charge in [0.15, 0.2) is 0 Å². The number of nitrogens with zero attached hydrogens (tertiary/aromatic N) is 1. The Kier molecular flexibility index (Phi) is 1.89. The molecular formula is C5H10N2O2. The Morgan fingerprint density at radius 3 is 3.22 bits per heavy atom. The third-order valence-electron chi connectivity index (χ3n) is 1.09. The molecule has 1 unspecified atom stereocenters. The van der Waals surface area contributed by atoms with Crippen LogP contribution in [0.1, 0.15) is 0 Å². The van der Waals surface area contributed by atoms with E-state index < -0.39 is 0 Å². The Morgan fingerprint density at radius 1 is 2.00 bits per heavy atom.